The van der Waals surface area contributed by atoms with Crippen LogP contribution in [0.1, 0.15) is 53.9 Å². The molecule has 1 aliphatic rings. The van der Waals surface area contributed by atoms with Gasteiger partial charge in [-0.2, -0.15) is 0 Å². The molecule has 0 aromatic carbocycles. The molecule has 1 aliphatic carbocycles. The van der Waals surface area contributed by atoms with E-state index in [1.165, 1.54) is 0 Å². The van der Waals surface area contributed by atoms with Gasteiger partial charge in [0.1, 0.15) is 0 Å². The Balaban J connectivity index is 2.35. The predicted molar refractivity (Wildman–Crippen MR) is 90.7 cm³/mol. The van der Waals surface area contributed by atoms with Crippen molar-refractivity contribution < 1.29 is 21.7 Å². The van der Waals surface area contributed by atoms with Crippen LogP contribution in [0, 0.1) is 10.8 Å². The Morgan fingerprint density at radius 2 is 1.52 bits per heavy atom. The summed E-state index contributed by atoms with van der Waals surface area (Å²) in [7, 11) is -6.81. The Kier molecular flexibility index (Phi) is 6.65. The van der Waals surface area contributed by atoms with E-state index in [-0.39, 0.29) is 29.6 Å². The normalized spacial score (nSPS) is 17.4. The van der Waals surface area contributed by atoms with Crippen LogP contribution in [0.4, 0.5) is 0 Å². The van der Waals surface area contributed by atoms with Gasteiger partial charge in [0, 0.05) is 6.04 Å². The quantitative estimate of drug-likeness (QED) is 0.447. The first-order valence-corrected chi connectivity index (χ1v) is 11.1. The zero-order valence-electron chi connectivity index (χ0n) is 14.7. The van der Waals surface area contributed by atoms with Gasteiger partial charge >= 0.3 is 0 Å². The van der Waals surface area contributed by atoms with Gasteiger partial charge in [-0.15, -0.1) is 0 Å². The molecule has 0 radical (unpaired) electrons. The lowest BCUT2D eigenvalue weighted by Gasteiger charge is -2.24. The van der Waals surface area contributed by atoms with Crippen molar-refractivity contribution in [3.05, 3.63) is 0 Å². The second-order valence-electron chi connectivity index (χ2n) is 8.32. The highest BCUT2D eigenvalue weighted by atomic mass is 32.2. The molecule has 0 atom stereocenters. The van der Waals surface area contributed by atoms with Crippen LogP contribution in [0.15, 0.2) is 0 Å². The summed E-state index contributed by atoms with van der Waals surface area (Å²) >= 11 is 0. The van der Waals surface area contributed by atoms with E-state index < -0.39 is 25.5 Å². The summed E-state index contributed by atoms with van der Waals surface area (Å²) in [6.45, 7) is 9.25. The van der Waals surface area contributed by atoms with Gasteiger partial charge in [-0.1, -0.05) is 39.5 Å². The number of nitrogens with one attached hydrogen (secondary N) is 2. The highest BCUT2D eigenvalue weighted by Gasteiger charge is 2.31. The molecule has 0 amide bonds. The summed E-state index contributed by atoms with van der Waals surface area (Å²) in [6, 6.07) is 0.0938. The molecular weight excluding hydrogens is 340 g/mol. The smallest absolute Gasteiger partial charge is 0.233 e. The molecule has 7 nitrogen and oxygen atoms in total. The minimum absolute atomic E-state index is 0.00536. The van der Waals surface area contributed by atoms with E-state index in [1.54, 1.807) is 0 Å². The van der Waals surface area contributed by atoms with Crippen LogP contribution in [0.3, 0.4) is 0 Å². The molecule has 1 fully saturated rings. The summed E-state index contributed by atoms with van der Waals surface area (Å²) in [5.41, 5.74) is -0.868. The van der Waals surface area contributed by atoms with Crippen LogP contribution in [0.2, 0.25) is 0 Å². The molecule has 0 unspecified atom stereocenters. The maximum atomic E-state index is 12.0. The second kappa shape index (κ2) is 7.35. The van der Waals surface area contributed by atoms with E-state index in [0.29, 0.717) is 6.42 Å². The molecule has 9 heteroatoms. The third-order valence-electron chi connectivity index (χ3n) is 3.19. The molecular formula is C14H30N2O5S2. The summed E-state index contributed by atoms with van der Waals surface area (Å²) in [5, 5.41) is 0. The molecule has 0 bridgehead atoms. The summed E-state index contributed by atoms with van der Waals surface area (Å²) in [4.78, 5) is 7.14. The Bertz CT molecular complexity index is 587. The summed E-state index contributed by atoms with van der Waals surface area (Å²) < 4.78 is 50.2. The lowest BCUT2D eigenvalue weighted by atomic mass is 9.93. The average molecular weight is 371 g/mol. The van der Waals surface area contributed by atoms with Gasteiger partial charge in [0.25, 0.3) is 0 Å². The van der Waals surface area contributed by atoms with E-state index in [9.17, 15) is 16.8 Å². The SMILES string of the molecule is CC(C)(C)CS(=O)(=O)NOCCC(C)(C)CS(=O)(=O)NC1CC1. The molecule has 0 heterocycles. The largest absolute Gasteiger partial charge is 0.287 e. The van der Waals surface area contributed by atoms with Gasteiger partial charge < -0.3 is 0 Å². The Hall–Kier alpha value is -0.220. The fraction of sp³-hybridized carbons (Fsp3) is 1.00. The van der Waals surface area contributed by atoms with Crippen molar-refractivity contribution in [3.8, 4) is 0 Å². The maximum absolute atomic E-state index is 12.0. The average Bonchev–Trinajstić information content (AvgIpc) is 3.02. The first kappa shape index (κ1) is 20.8. The molecule has 23 heavy (non-hydrogen) atoms. The minimum atomic E-state index is -3.50. The standard InChI is InChI=1S/C14H30N2O5S2/c1-13(2,3)10-23(19,20)16-21-9-8-14(4,5)11-22(17,18)15-12-6-7-12/h12,15-16H,6-11H2,1-5H3. The number of hydrogen-bond acceptors (Lipinski definition) is 5. The van der Waals surface area contributed by atoms with E-state index in [0.717, 1.165) is 12.8 Å². The first-order valence-electron chi connectivity index (χ1n) is 7.81. The van der Waals surface area contributed by atoms with Crippen molar-refractivity contribution in [2.45, 2.75) is 59.9 Å². The lowest BCUT2D eigenvalue weighted by molar-refractivity contribution is 0.0722. The Morgan fingerprint density at radius 1 is 0.957 bits per heavy atom. The fourth-order valence-electron chi connectivity index (χ4n) is 2.14. The lowest BCUT2D eigenvalue weighted by Crippen LogP contribution is -2.36. The van der Waals surface area contributed by atoms with Gasteiger partial charge in [-0.25, -0.2) is 21.6 Å². The van der Waals surface area contributed by atoms with Crippen molar-refractivity contribution in [2.75, 3.05) is 18.1 Å². The highest BCUT2D eigenvalue weighted by molar-refractivity contribution is 7.89. The molecule has 138 valence electrons. The van der Waals surface area contributed by atoms with Gasteiger partial charge in [-0.3, -0.25) is 4.84 Å². The molecule has 1 rings (SSSR count). The van der Waals surface area contributed by atoms with E-state index >= 15 is 0 Å². The molecule has 1 saturated carbocycles. The van der Waals surface area contributed by atoms with Crippen LogP contribution in [0.25, 0.3) is 0 Å². The van der Waals surface area contributed by atoms with E-state index in [1.807, 2.05) is 34.6 Å². The van der Waals surface area contributed by atoms with Crippen molar-refractivity contribution in [3.63, 3.8) is 0 Å². The van der Waals surface area contributed by atoms with E-state index in [4.69, 9.17) is 4.84 Å². The molecule has 0 aromatic heterocycles. The number of hydrogen-bond donors (Lipinski definition) is 2. The van der Waals surface area contributed by atoms with Crippen LogP contribution >= 0.6 is 0 Å². The fourth-order valence-corrected chi connectivity index (χ4v) is 5.60. The third-order valence-corrected chi connectivity index (χ3v) is 6.67. The molecule has 0 aliphatic heterocycles. The molecule has 0 aromatic rings. The number of sulfonamides is 2. The van der Waals surface area contributed by atoms with Crippen LogP contribution < -0.4 is 9.61 Å². The minimum Gasteiger partial charge on any atom is -0.287 e. The second-order valence-corrected chi connectivity index (χ2v) is 11.8. The Labute approximate surface area is 140 Å². The zero-order chi connectivity index (χ0) is 17.9. The van der Waals surface area contributed by atoms with Gasteiger partial charge in [0.15, 0.2) is 0 Å². The summed E-state index contributed by atoms with van der Waals surface area (Å²) in [5.74, 6) is -0.0440. The van der Waals surface area contributed by atoms with Crippen LogP contribution in [0.5, 0.6) is 0 Å². The van der Waals surface area contributed by atoms with Crippen molar-refractivity contribution in [1.29, 1.82) is 0 Å². The van der Waals surface area contributed by atoms with Crippen LogP contribution in [-0.2, 0) is 24.9 Å². The van der Waals surface area contributed by atoms with Gasteiger partial charge in [0.05, 0.1) is 18.1 Å². The highest BCUT2D eigenvalue weighted by Crippen LogP contribution is 2.25. The topological polar surface area (TPSA) is 102 Å². The van der Waals surface area contributed by atoms with Gasteiger partial charge in [-0.05, 0) is 30.1 Å². The van der Waals surface area contributed by atoms with Crippen molar-refractivity contribution in [2.24, 2.45) is 10.8 Å². The zero-order valence-corrected chi connectivity index (χ0v) is 16.3. The number of rotatable bonds is 10. The van der Waals surface area contributed by atoms with Crippen LogP contribution in [-0.4, -0.2) is 41.0 Å². The molecule has 2 N–H and O–H groups in total. The van der Waals surface area contributed by atoms with Crippen molar-refractivity contribution in [1.82, 2.24) is 9.61 Å². The molecule has 0 saturated heterocycles. The summed E-state index contributed by atoms with van der Waals surface area (Å²) in [6.07, 6.45) is 2.23. The predicted octanol–water partition coefficient (Wildman–Crippen LogP) is 1.38. The first-order chi connectivity index (χ1) is 10.2. The maximum Gasteiger partial charge on any atom is 0.233 e. The molecule has 0 spiro atoms. The van der Waals surface area contributed by atoms with E-state index in [2.05, 4.69) is 9.61 Å². The monoisotopic (exact) mass is 370 g/mol. The van der Waals surface area contributed by atoms with Crippen molar-refractivity contribution >= 4 is 20.0 Å². The van der Waals surface area contributed by atoms with Gasteiger partial charge in [0.2, 0.25) is 20.0 Å². The third kappa shape index (κ3) is 10.3. The Morgan fingerprint density at radius 3 is 2.00 bits per heavy atom.